The van der Waals surface area contributed by atoms with Crippen molar-refractivity contribution in [1.29, 1.82) is 0 Å². The number of nitrogens with one attached hydrogen (secondary N) is 1. The fraction of sp³-hybridized carbons (Fsp3) is 0.583. The van der Waals surface area contributed by atoms with E-state index in [0.717, 1.165) is 19.7 Å². The van der Waals surface area contributed by atoms with Gasteiger partial charge in [0.15, 0.2) is 0 Å². The highest BCUT2D eigenvalue weighted by molar-refractivity contribution is 5.65. The maximum Gasteiger partial charge on any atom is 0.263 e. The highest BCUT2D eigenvalue weighted by Crippen LogP contribution is 2.30. The van der Waals surface area contributed by atoms with Crippen LogP contribution in [0, 0.1) is 0 Å². The van der Waals surface area contributed by atoms with Gasteiger partial charge in [-0.3, -0.25) is 10.00 Å². The van der Waals surface area contributed by atoms with Gasteiger partial charge in [0.25, 0.3) is 5.89 Å². The first-order valence-electron chi connectivity index (χ1n) is 6.80. The zero-order valence-electron chi connectivity index (χ0n) is 11.0. The maximum atomic E-state index is 5.86. The molecule has 0 bridgehead atoms. The van der Waals surface area contributed by atoms with Crippen molar-refractivity contribution in [3.63, 3.8) is 0 Å². The molecule has 2 aliphatic heterocycles. The summed E-state index contributed by atoms with van der Waals surface area (Å²) in [5.41, 5.74) is 6.37. The summed E-state index contributed by atoms with van der Waals surface area (Å²) in [6.45, 7) is 2.69. The number of nitrogens with two attached hydrogens (primary N) is 1. The Balaban J connectivity index is 1.55. The lowest BCUT2D eigenvalue weighted by Crippen LogP contribution is -2.42. The second kappa shape index (κ2) is 4.57. The molecule has 106 valence electrons. The maximum absolute atomic E-state index is 5.86. The Kier molecular flexibility index (Phi) is 2.71. The number of ether oxygens (including phenoxy) is 1. The minimum Gasteiger partial charge on any atom is -0.383 e. The van der Waals surface area contributed by atoms with Gasteiger partial charge in [0, 0.05) is 12.6 Å². The summed E-state index contributed by atoms with van der Waals surface area (Å²) in [5.74, 6) is 1.37. The number of morpholine rings is 1. The number of aromatic amines is 1. The Labute approximate surface area is 115 Å². The molecule has 4 heterocycles. The van der Waals surface area contributed by atoms with Crippen LogP contribution in [0.15, 0.2) is 10.7 Å². The second-order valence-corrected chi connectivity index (χ2v) is 5.27. The van der Waals surface area contributed by atoms with Crippen molar-refractivity contribution in [2.75, 3.05) is 25.4 Å². The molecule has 2 unspecified atom stereocenters. The minimum absolute atomic E-state index is 0.130. The lowest BCUT2D eigenvalue weighted by atomic mass is 10.2. The van der Waals surface area contributed by atoms with Crippen LogP contribution in [0.25, 0.3) is 11.5 Å². The first-order valence-corrected chi connectivity index (χ1v) is 6.80. The predicted octanol–water partition coefficient (Wildman–Crippen LogP) is 0.578. The van der Waals surface area contributed by atoms with E-state index in [0.29, 0.717) is 29.1 Å². The van der Waals surface area contributed by atoms with Gasteiger partial charge in [-0.1, -0.05) is 5.16 Å². The number of hydrogen-bond donors (Lipinski definition) is 2. The molecule has 2 atom stereocenters. The van der Waals surface area contributed by atoms with Crippen molar-refractivity contribution < 1.29 is 9.26 Å². The quantitative estimate of drug-likeness (QED) is 0.826. The van der Waals surface area contributed by atoms with Gasteiger partial charge in [-0.25, -0.2) is 0 Å². The van der Waals surface area contributed by atoms with Crippen LogP contribution in [-0.2, 0) is 4.74 Å². The molecule has 0 radical (unpaired) electrons. The largest absolute Gasteiger partial charge is 0.383 e. The van der Waals surface area contributed by atoms with E-state index in [2.05, 4.69) is 25.2 Å². The highest BCUT2D eigenvalue weighted by Gasteiger charge is 2.35. The Morgan fingerprint density at radius 1 is 1.45 bits per heavy atom. The van der Waals surface area contributed by atoms with Gasteiger partial charge < -0.3 is 15.0 Å². The van der Waals surface area contributed by atoms with Gasteiger partial charge in [-0.2, -0.15) is 10.1 Å². The molecule has 0 spiro atoms. The topological polar surface area (TPSA) is 106 Å². The van der Waals surface area contributed by atoms with Crippen LogP contribution in [0.2, 0.25) is 0 Å². The molecule has 0 saturated carbocycles. The average molecular weight is 276 g/mol. The smallest absolute Gasteiger partial charge is 0.263 e. The van der Waals surface area contributed by atoms with Crippen molar-refractivity contribution in [2.45, 2.75) is 25.0 Å². The molecule has 2 aromatic rings. The van der Waals surface area contributed by atoms with Crippen LogP contribution in [0.3, 0.4) is 0 Å². The summed E-state index contributed by atoms with van der Waals surface area (Å²) in [4.78, 5) is 6.82. The number of nitrogen functional groups attached to an aromatic ring is 1. The highest BCUT2D eigenvalue weighted by atomic mass is 16.5. The predicted molar refractivity (Wildman–Crippen MR) is 69.6 cm³/mol. The summed E-state index contributed by atoms with van der Waals surface area (Å²) >= 11 is 0. The average Bonchev–Trinajstić information content (AvgIpc) is 3.17. The third-order valence-corrected chi connectivity index (χ3v) is 4.02. The van der Waals surface area contributed by atoms with Gasteiger partial charge >= 0.3 is 0 Å². The van der Waals surface area contributed by atoms with Gasteiger partial charge in [0.05, 0.1) is 12.8 Å². The van der Waals surface area contributed by atoms with E-state index in [9.17, 15) is 0 Å². The Bertz CT molecular complexity index is 609. The summed E-state index contributed by atoms with van der Waals surface area (Å²) in [5, 5.41) is 10.5. The molecule has 2 fully saturated rings. The molecule has 2 aliphatic rings. The second-order valence-electron chi connectivity index (χ2n) is 5.27. The van der Waals surface area contributed by atoms with E-state index in [4.69, 9.17) is 15.0 Å². The van der Waals surface area contributed by atoms with Gasteiger partial charge in [-0.15, -0.1) is 0 Å². The molecule has 4 rings (SSSR count). The van der Waals surface area contributed by atoms with E-state index in [1.807, 2.05) is 0 Å². The molecule has 0 aliphatic carbocycles. The van der Waals surface area contributed by atoms with E-state index in [1.54, 1.807) is 6.20 Å². The molecule has 2 saturated heterocycles. The molecule has 8 heteroatoms. The van der Waals surface area contributed by atoms with Gasteiger partial charge in [0.1, 0.15) is 17.5 Å². The van der Waals surface area contributed by atoms with E-state index in [-0.39, 0.29) is 6.10 Å². The van der Waals surface area contributed by atoms with Crippen molar-refractivity contribution in [2.24, 2.45) is 0 Å². The fourth-order valence-electron chi connectivity index (χ4n) is 2.91. The summed E-state index contributed by atoms with van der Waals surface area (Å²) in [6.07, 6.45) is 3.90. The summed E-state index contributed by atoms with van der Waals surface area (Å²) in [7, 11) is 0. The molecular weight excluding hydrogens is 260 g/mol. The first-order chi connectivity index (χ1) is 9.81. The number of H-pyrrole nitrogens is 1. The number of anilines is 1. The molecule has 20 heavy (non-hydrogen) atoms. The minimum atomic E-state index is -0.130. The van der Waals surface area contributed by atoms with E-state index < -0.39 is 0 Å². The SMILES string of the molecule is Nc1[nH]ncc1-c1nc(C2CN3CCCC3CO2)no1. The third kappa shape index (κ3) is 1.88. The van der Waals surface area contributed by atoms with Crippen LogP contribution < -0.4 is 5.73 Å². The number of aromatic nitrogens is 4. The van der Waals surface area contributed by atoms with E-state index >= 15 is 0 Å². The molecule has 3 N–H and O–H groups in total. The van der Waals surface area contributed by atoms with Crippen LogP contribution in [0.5, 0.6) is 0 Å². The molecule has 2 aromatic heterocycles. The lowest BCUT2D eigenvalue weighted by Gasteiger charge is -2.33. The van der Waals surface area contributed by atoms with Crippen LogP contribution in [0.1, 0.15) is 24.8 Å². The van der Waals surface area contributed by atoms with Crippen LogP contribution >= 0.6 is 0 Å². The van der Waals surface area contributed by atoms with Crippen molar-refractivity contribution >= 4 is 5.82 Å². The zero-order valence-corrected chi connectivity index (χ0v) is 11.0. The zero-order chi connectivity index (χ0) is 13.5. The molecule has 0 amide bonds. The molecule has 8 nitrogen and oxygen atoms in total. The number of hydrogen-bond acceptors (Lipinski definition) is 7. The first kappa shape index (κ1) is 11.9. The monoisotopic (exact) mass is 276 g/mol. The van der Waals surface area contributed by atoms with E-state index in [1.165, 1.54) is 12.8 Å². The Morgan fingerprint density at radius 3 is 3.25 bits per heavy atom. The van der Waals surface area contributed by atoms with Gasteiger partial charge in [-0.05, 0) is 19.4 Å². The number of rotatable bonds is 2. The number of fused-ring (bicyclic) bond motifs is 1. The molecular formula is C12H16N6O2. The van der Waals surface area contributed by atoms with Crippen molar-refractivity contribution in [3.05, 3.63) is 12.0 Å². The van der Waals surface area contributed by atoms with Crippen molar-refractivity contribution in [1.82, 2.24) is 25.2 Å². The van der Waals surface area contributed by atoms with Crippen LogP contribution in [0.4, 0.5) is 5.82 Å². The van der Waals surface area contributed by atoms with Crippen LogP contribution in [-0.4, -0.2) is 51.0 Å². The van der Waals surface area contributed by atoms with Crippen molar-refractivity contribution in [3.8, 4) is 11.5 Å². The van der Waals surface area contributed by atoms with Gasteiger partial charge in [0.2, 0.25) is 5.82 Å². The normalized spacial score (nSPS) is 26.8. The molecule has 0 aromatic carbocycles. The fourth-order valence-corrected chi connectivity index (χ4v) is 2.91. The summed E-state index contributed by atoms with van der Waals surface area (Å²) < 4.78 is 11.1. The standard InChI is InChI=1S/C12H16N6O2/c13-10-8(4-14-16-10)12-15-11(17-20-12)9-5-18-3-1-2-7(18)6-19-9/h4,7,9H,1-3,5-6H2,(H3,13,14,16). The Morgan fingerprint density at radius 2 is 2.40 bits per heavy atom. The third-order valence-electron chi connectivity index (χ3n) is 4.02. The number of nitrogens with zero attached hydrogens (tertiary/aromatic N) is 4. The lowest BCUT2D eigenvalue weighted by molar-refractivity contribution is -0.0548. The Hall–Kier alpha value is -1.93. The summed E-state index contributed by atoms with van der Waals surface area (Å²) in [6, 6.07) is 0.558.